The highest BCUT2D eigenvalue weighted by Gasteiger charge is 2.35. The van der Waals surface area contributed by atoms with E-state index in [1.807, 2.05) is 60.8 Å². The number of aliphatic hydroxyl groups is 2. The molecule has 0 bridgehead atoms. The van der Waals surface area contributed by atoms with Crippen LogP contribution in [0.15, 0.2) is 79.1 Å². The van der Waals surface area contributed by atoms with Crippen molar-refractivity contribution in [1.29, 1.82) is 0 Å². The van der Waals surface area contributed by atoms with Crippen molar-refractivity contribution in [2.24, 2.45) is 0 Å². The number of hydrogen-bond acceptors (Lipinski definition) is 5. The minimum atomic E-state index is -0.870. The van der Waals surface area contributed by atoms with Crippen LogP contribution in [-0.4, -0.2) is 46.0 Å². The van der Waals surface area contributed by atoms with Gasteiger partial charge in [0.2, 0.25) is 0 Å². The molecule has 2 N–H and O–H groups in total. The van der Waals surface area contributed by atoms with Crippen molar-refractivity contribution < 1.29 is 14.9 Å². The molecule has 3 aromatic carbocycles. The van der Waals surface area contributed by atoms with E-state index in [-0.39, 0.29) is 0 Å². The van der Waals surface area contributed by atoms with Crippen molar-refractivity contribution in [3.05, 3.63) is 84.7 Å². The lowest BCUT2D eigenvalue weighted by molar-refractivity contribution is -0.0471. The number of piperidine rings is 1. The van der Waals surface area contributed by atoms with Crippen LogP contribution in [0.1, 0.15) is 24.8 Å². The zero-order valence-corrected chi connectivity index (χ0v) is 18.0. The summed E-state index contributed by atoms with van der Waals surface area (Å²) in [5.41, 5.74) is 0.0415. The molecule has 0 saturated carbocycles. The van der Waals surface area contributed by atoms with Crippen LogP contribution in [0.2, 0.25) is 0 Å². The maximum Gasteiger partial charge on any atom is 0.198 e. The van der Waals surface area contributed by atoms with Gasteiger partial charge in [0, 0.05) is 49.4 Å². The monoisotopic (exact) mass is 428 g/mol. The van der Waals surface area contributed by atoms with Gasteiger partial charge in [-0.15, -0.1) is 0 Å². The Kier molecular flexibility index (Phi) is 5.79. The van der Waals surface area contributed by atoms with Crippen molar-refractivity contribution in [3.8, 4) is 5.75 Å². The molecule has 0 amide bonds. The summed E-state index contributed by atoms with van der Waals surface area (Å²) < 4.78 is 5.74. The number of nitrogens with zero attached hydrogens (tertiary/aromatic N) is 2. The average Bonchev–Trinajstić information content (AvgIpc) is 2.83. The number of aliphatic hydroxyl groups excluding tert-OH is 1. The second-order valence-electron chi connectivity index (χ2n) is 8.65. The third-order valence-electron chi connectivity index (χ3n) is 6.54. The number of aromatic nitrogens is 1. The second-order valence-corrected chi connectivity index (χ2v) is 8.65. The normalized spacial score (nSPS) is 17.4. The van der Waals surface area contributed by atoms with Gasteiger partial charge >= 0.3 is 0 Å². The molecule has 0 radical (unpaired) electrons. The Morgan fingerprint density at radius 2 is 1.62 bits per heavy atom. The quantitative estimate of drug-likeness (QED) is 0.444. The molecule has 1 unspecified atom stereocenters. The standard InChI is InChI=1S/C27H28N2O3/c30-26(32-23-10-9-20-5-1-2-6-21(20)17-23)11-14-29-15-12-27(31,13-16-29)25-19-28-18-22-7-3-4-8-24(22)25/h1-10,17-19,26,30-31H,11-16H2. The summed E-state index contributed by atoms with van der Waals surface area (Å²) in [6.45, 7) is 2.25. The van der Waals surface area contributed by atoms with Crippen LogP contribution < -0.4 is 4.74 Å². The number of ether oxygens (including phenoxy) is 1. The van der Waals surface area contributed by atoms with Crippen LogP contribution in [0.25, 0.3) is 21.5 Å². The van der Waals surface area contributed by atoms with Crippen molar-refractivity contribution in [1.82, 2.24) is 9.88 Å². The van der Waals surface area contributed by atoms with Gasteiger partial charge < -0.3 is 19.8 Å². The molecule has 1 atom stereocenters. The third kappa shape index (κ3) is 4.32. The zero-order valence-electron chi connectivity index (χ0n) is 18.0. The molecule has 1 aliphatic rings. The van der Waals surface area contributed by atoms with Crippen molar-refractivity contribution >= 4 is 21.5 Å². The summed E-state index contributed by atoms with van der Waals surface area (Å²) >= 11 is 0. The van der Waals surface area contributed by atoms with E-state index in [1.165, 1.54) is 0 Å². The second kappa shape index (κ2) is 8.87. The van der Waals surface area contributed by atoms with E-state index in [1.54, 1.807) is 6.20 Å². The molecule has 32 heavy (non-hydrogen) atoms. The lowest BCUT2D eigenvalue weighted by Crippen LogP contribution is -2.43. The Bertz CT molecular complexity index is 1210. The van der Waals surface area contributed by atoms with Crippen LogP contribution >= 0.6 is 0 Å². The van der Waals surface area contributed by atoms with Crippen LogP contribution in [0.3, 0.4) is 0 Å². The molecule has 2 heterocycles. The predicted molar refractivity (Wildman–Crippen MR) is 127 cm³/mol. The molecule has 0 spiro atoms. The van der Waals surface area contributed by atoms with Crippen LogP contribution in [0.5, 0.6) is 5.75 Å². The Labute approximate surface area is 187 Å². The molecule has 164 valence electrons. The summed E-state index contributed by atoms with van der Waals surface area (Å²) in [6, 6.07) is 22.0. The van der Waals surface area contributed by atoms with E-state index in [9.17, 15) is 10.2 Å². The number of hydrogen-bond donors (Lipinski definition) is 2. The van der Waals surface area contributed by atoms with E-state index in [4.69, 9.17) is 4.74 Å². The highest BCUT2D eigenvalue weighted by Crippen LogP contribution is 2.36. The molecule has 5 nitrogen and oxygen atoms in total. The summed E-state index contributed by atoms with van der Waals surface area (Å²) in [6.07, 6.45) is 4.59. The van der Waals surface area contributed by atoms with Gasteiger partial charge in [-0.25, -0.2) is 0 Å². The minimum Gasteiger partial charge on any atom is -0.465 e. The fourth-order valence-corrected chi connectivity index (χ4v) is 4.65. The molecular formula is C27H28N2O3. The Hall–Kier alpha value is -2.99. The maximum absolute atomic E-state index is 11.4. The fourth-order valence-electron chi connectivity index (χ4n) is 4.65. The predicted octanol–water partition coefficient (Wildman–Crippen LogP) is 4.46. The van der Waals surface area contributed by atoms with Gasteiger partial charge in [0.25, 0.3) is 0 Å². The minimum absolute atomic E-state index is 0.515. The van der Waals surface area contributed by atoms with Gasteiger partial charge in [0.05, 0.1) is 5.60 Å². The van der Waals surface area contributed by atoms with Gasteiger partial charge in [-0.1, -0.05) is 54.6 Å². The summed E-state index contributed by atoms with van der Waals surface area (Å²) in [5.74, 6) is 0.674. The van der Waals surface area contributed by atoms with Gasteiger partial charge in [0.15, 0.2) is 6.29 Å². The molecule has 5 heteroatoms. The lowest BCUT2D eigenvalue weighted by atomic mass is 9.83. The summed E-state index contributed by atoms with van der Waals surface area (Å²) in [4.78, 5) is 6.63. The summed E-state index contributed by atoms with van der Waals surface area (Å²) in [7, 11) is 0. The van der Waals surface area contributed by atoms with Gasteiger partial charge in [0.1, 0.15) is 5.75 Å². The molecule has 0 aliphatic carbocycles. The highest BCUT2D eigenvalue weighted by atomic mass is 16.6. The molecule has 1 saturated heterocycles. The van der Waals surface area contributed by atoms with Gasteiger partial charge in [-0.3, -0.25) is 4.98 Å². The van der Waals surface area contributed by atoms with Crippen molar-refractivity contribution in [2.45, 2.75) is 31.2 Å². The Morgan fingerprint density at radius 3 is 2.44 bits per heavy atom. The average molecular weight is 429 g/mol. The molecule has 5 rings (SSSR count). The molecule has 1 fully saturated rings. The topological polar surface area (TPSA) is 65.8 Å². The van der Waals surface area contributed by atoms with Crippen molar-refractivity contribution in [2.75, 3.05) is 19.6 Å². The SMILES string of the molecule is OC(CCN1CCC(O)(c2cncc3ccccc23)CC1)Oc1ccc2ccccc2c1. The lowest BCUT2D eigenvalue weighted by Gasteiger charge is -2.39. The number of pyridine rings is 1. The molecule has 1 aromatic heterocycles. The molecule has 4 aromatic rings. The first-order valence-corrected chi connectivity index (χ1v) is 11.2. The van der Waals surface area contributed by atoms with Gasteiger partial charge in [-0.05, 0) is 41.1 Å². The van der Waals surface area contributed by atoms with E-state index in [2.05, 4.69) is 22.0 Å². The van der Waals surface area contributed by atoms with Gasteiger partial charge in [-0.2, -0.15) is 0 Å². The smallest absolute Gasteiger partial charge is 0.198 e. The maximum atomic E-state index is 11.4. The first-order valence-electron chi connectivity index (χ1n) is 11.2. The fraction of sp³-hybridized carbons (Fsp3) is 0.296. The van der Waals surface area contributed by atoms with Crippen LogP contribution in [-0.2, 0) is 5.60 Å². The molecular weight excluding hydrogens is 400 g/mol. The summed E-state index contributed by atoms with van der Waals surface area (Å²) in [5, 5.41) is 26.1. The van der Waals surface area contributed by atoms with E-state index >= 15 is 0 Å². The van der Waals surface area contributed by atoms with E-state index < -0.39 is 11.9 Å². The van der Waals surface area contributed by atoms with Crippen molar-refractivity contribution in [3.63, 3.8) is 0 Å². The number of likely N-dealkylation sites (tertiary alicyclic amines) is 1. The number of benzene rings is 3. The van der Waals surface area contributed by atoms with Crippen LogP contribution in [0, 0.1) is 0 Å². The molecule has 1 aliphatic heterocycles. The Morgan fingerprint density at radius 1 is 0.906 bits per heavy atom. The first kappa shape index (κ1) is 20.9. The largest absolute Gasteiger partial charge is 0.465 e. The zero-order chi connectivity index (χ0) is 22.0. The number of rotatable bonds is 6. The van der Waals surface area contributed by atoms with Crippen LogP contribution in [0.4, 0.5) is 0 Å². The van der Waals surface area contributed by atoms with E-state index in [0.717, 1.165) is 46.7 Å². The Balaban J connectivity index is 1.17. The highest BCUT2D eigenvalue weighted by molar-refractivity contribution is 5.85. The first-order chi connectivity index (χ1) is 15.6. The third-order valence-corrected chi connectivity index (χ3v) is 6.54. The number of fused-ring (bicyclic) bond motifs is 2. The van der Waals surface area contributed by atoms with E-state index in [0.29, 0.717) is 25.0 Å².